The predicted octanol–water partition coefficient (Wildman–Crippen LogP) is 1.18. The predicted molar refractivity (Wildman–Crippen MR) is 77.2 cm³/mol. The summed E-state index contributed by atoms with van der Waals surface area (Å²) in [6.07, 6.45) is 0.720. The van der Waals surface area contributed by atoms with Crippen molar-refractivity contribution in [3.05, 3.63) is 34.9 Å². The standard InChI is InChI=1S/C15H20N2O4/c1-2-16(7-8-18)15(21)17-6-5-11-3-4-12(14(19)20)9-13(11)10-17/h3-4,9,18H,2,5-8,10H2,1H3,(H,19,20). The van der Waals surface area contributed by atoms with Gasteiger partial charge in [0.1, 0.15) is 0 Å². The molecule has 2 amide bonds. The van der Waals surface area contributed by atoms with Crippen LogP contribution in [0.2, 0.25) is 0 Å². The number of likely N-dealkylation sites (N-methyl/N-ethyl adjacent to an activating group) is 1. The van der Waals surface area contributed by atoms with Crippen LogP contribution in [0.25, 0.3) is 0 Å². The van der Waals surface area contributed by atoms with Crippen molar-refractivity contribution < 1.29 is 19.8 Å². The molecule has 2 N–H and O–H groups in total. The SMILES string of the molecule is CCN(CCO)C(=O)N1CCc2ccc(C(=O)O)cc2C1. The van der Waals surface area contributed by atoms with E-state index in [1.54, 1.807) is 21.9 Å². The molecule has 0 fully saturated rings. The number of benzene rings is 1. The molecule has 1 aromatic carbocycles. The van der Waals surface area contributed by atoms with Crippen LogP contribution in [0, 0.1) is 0 Å². The second-order valence-corrected chi connectivity index (χ2v) is 5.05. The van der Waals surface area contributed by atoms with Gasteiger partial charge < -0.3 is 20.0 Å². The number of amides is 2. The summed E-state index contributed by atoms with van der Waals surface area (Å²) in [7, 11) is 0. The number of carbonyl (C=O) groups excluding carboxylic acids is 1. The van der Waals surface area contributed by atoms with E-state index in [4.69, 9.17) is 10.2 Å². The van der Waals surface area contributed by atoms with Crippen LogP contribution in [-0.4, -0.2) is 58.3 Å². The summed E-state index contributed by atoms with van der Waals surface area (Å²) in [5.74, 6) is -0.961. The Morgan fingerprint density at radius 1 is 1.33 bits per heavy atom. The zero-order chi connectivity index (χ0) is 15.4. The van der Waals surface area contributed by atoms with Gasteiger partial charge in [0.05, 0.1) is 12.2 Å². The molecule has 0 atom stereocenters. The summed E-state index contributed by atoms with van der Waals surface area (Å²) in [5.41, 5.74) is 2.22. The molecule has 0 aromatic heterocycles. The fourth-order valence-electron chi connectivity index (χ4n) is 2.56. The third-order valence-corrected chi connectivity index (χ3v) is 3.76. The summed E-state index contributed by atoms with van der Waals surface area (Å²) < 4.78 is 0. The molecule has 0 unspecified atom stereocenters. The highest BCUT2D eigenvalue weighted by molar-refractivity contribution is 5.88. The van der Waals surface area contributed by atoms with Crippen LogP contribution >= 0.6 is 0 Å². The molecule has 6 nitrogen and oxygen atoms in total. The third-order valence-electron chi connectivity index (χ3n) is 3.76. The Labute approximate surface area is 123 Å². The van der Waals surface area contributed by atoms with Crippen molar-refractivity contribution in [2.75, 3.05) is 26.2 Å². The molecular weight excluding hydrogens is 272 g/mol. The first-order valence-electron chi connectivity index (χ1n) is 7.06. The Kier molecular flexibility index (Phi) is 4.80. The molecule has 0 saturated carbocycles. The summed E-state index contributed by atoms with van der Waals surface area (Å²) in [6, 6.07) is 4.95. The molecule has 0 bridgehead atoms. The molecule has 1 aromatic rings. The first kappa shape index (κ1) is 15.3. The van der Waals surface area contributed by atoms with Gasteiger partial charge in [-0.05, 0) is 36.6 Å². The quantitative estimate of drug-likeness (QED) is 0.873. The smallest absolute Gasteiger partial charge is 0.335 e. The van der Waals surface area contributed by atoms with E-state index in [9.17, 15) is 9.59 Å². The average molecular weight is 292 g/mol. The number of rotatable bonds is 4. The molecule has 1 aliphatic rings. The van der Waals surface area contributed by atoms with Crippen LogP contribution in [0.4, 0.5) is 4.79 Å². The number of urea groups is 1. The van der Waals surface area contributed by atoms with Gasteiger partial charge in [-0.3, -0.25) is 0 Å². The maximum Gasteiger partial charge on any atom is 0.335 e. The van der Waals surface area contributed by atoms with Crippen LogP contribution in [0.1, 0.15) is 28.4 Å². The van der Waals surface area contributed by atoms with Crippen molar-refractivity contribution in [3.63, 3.8) is 0 Å². The van der Waals surface area contributed by atoms with Gasteiger partial charge in [-0.15, -0.1) is 0 Å². The summed E-state index contributed by atoms with van der Waals surface area (Å²) in [5, 5.41) is 18.0. The van der Waals surface area contributed by atoms with Crippen molar-refractivity contribution in [2.24, 2.45) is 0 Å². The molecule has 21 heavy (non-hydrogen) atoms. The van der Waals surface area contributed by atoms with Crippen molar-refractivity contribution in [2.45, 2.75) is 19.9 Å². The fourth-order valence-corrected chi connectivity index (χ4v) is 2.56. The zero-order valence-corrected chi connectivity index (χ0v) is 12.1. The van der Waals surface area contributed by atoms with E-state index in [1.165, 1.54) is 0 Å². The highest BCUT2D eigenvalue weighted by Crippen LogP contribution is 2.21. The second kappa shape index (κ2) is 6.58. The van der Waals surface area contributed by atoms with E-state index in [2.05, 4.69) is 0 Å². The summed E-state index contributed by atoms with van der Waals surface area (Å²) in [4.78, 5) is 26.7. The Morgan fingerprint density at radius 3 is 2.71 bits per heavy atom. The van der Waals surface area contributed by atoms with Crippen molar-refractivity contribution in [1.82, 2.24) is 9.80 Å². The van der Waals surface area contributed by atoms with Gasteiger partial charge in [-0.1, -0.05) is 6.07 Å². The molecule has 0 aliphatic carbocycles. The molecule has 0 saturated heterocycles. The monoisotopic (exact) mass is 292 g/mol. The number of aliphatic hydroxyl groups is 1. The largest absolute Gasteiger partial charge is 0.478 e. The Bertz CT molecular complexity index is 544. The number of carbonyl (C=O) groups is 2. The van der Waals surface area contributed by atoms with Crippen molar-refractivity contribution in [1.29, 1.82) is 0 Å². The Hall–Kier alpha value is -2.08. The fraction of sp³-hybridized carbons (Fsp3) is 0.467. The number of nitrogens with zero attached hydrogens (tertiary/aromatic N) is 2. The van der Waals surface area contributed by atoms with Crippen LogP contribution in [-0.2, 0) is 13.0 Å². The molecular formula is C15H20N2O4. The lowest BCUT2D eigenvalue weighted by molar-refractivity contribution is 0.0696. The van der Waals surface area contributed by atoms with Gasteiger partial charge in [0, 0.05) is 26.2 Å². The minimum atomic E-state index is -0.961. The number of fused-ring (bicyclic) bond motifs is 1. The average Bonchev–Trinajstić information content (AvgIpc) is 2.50. The number of aliphatic hydroxyl groups excluding tert-OH is 1. The summed E-state index contributed by atoms with van der Waals surface area (Å²) >= 11 is 0. The van der Waals surface area contributed by atoms with Crippen molar-refractivity contribution in [3.8, 4) is 0 Å². The Morgan fingerprint density at radius 2 is 2.10 bits per heavy atom. The van der Waals surface area contributed by atoms with Gasteiger partial charge in [0.15, 0.2) is 0 Å². The van der Waals surface area contributed by atoms with Gasteiger partial charge in [0.2, 0.25) is 0 Å². The Balaban J connectivity index is 2.15. The number of aromatic carboxylic acids is 1. The zero-order valence-electron chi connectivity index (χ0n) is 12.1. The third kappa shape index (κ3) is 3.33. The number of hydrogen-bond acceptors (Lipinski definition) is 3. The van der Waals surface area contributed by atoms with Crippen LogP contribution in [0.3, 0.4) is 0 Å². The molecule has 1 aliphatic heterocycles. The van der Waals surface area contributed by atoms with E-state index in [-0.39, 0.29) is 18.2 Å². The van der Waals surface area contributed by atoms with Crippen molar-refractivity contribution >= 4 is 12.0 Å². The van der Waals surface area contributed by atoms with Crippen LogP contribution in [0.5, 0.6) is 0 Å². The lowest BCUT2D eigenvalue weighted by atomic mass is 9.97. The second-order valence-electron chi connectivity index (χ2n) is 5.05. The molecule has 1 heterocycles. The van der Waals surface area contributed by atoms with Crippen LogP contribution < -0.4 is 0 Å². The molecule has 2 rings (SSSR count). The van der Waals surface area contributed by atoms with E-state index in [0.717, 1.165) is 17.5 Å². The van der Waals surface area contributed by atoms with Crippen LogP contribution in [0.15, 0.2) is 18.2 Å². The molecule has 6 heteroatoms. The van der Waals surface area contributed by atoms with E-state index in [1.807, 2.05) is 13.0 Å². The van der Waals surface area contributed by atoms with E-state index < -0.39 is 5.97 Å². The lowest BCUT2D eigenvalue weighted by Crippen LogP contribution is -2.46. The van der Waals surface area contributed by atoms with Gasteiger partial charge >= 0.3 is 12.0 Å². The number of hydrogen-bond donors (Lipinski definition) is 2. The van der Waals surface area contributed by atoms with Gasteiger partial charge in [-0.25, -0.2) is 9.59 Å². The molecule has 0 spiro atoms. The maximum atomic E-state index is 12.4. The number of carboxylic acids is 1. The minimum Gasteiger partial charge on any atom is -0.478 e. The molecule has 0 radical (unpaired) electrons. The number of carboxylic acid groups (broad SMARTS) is 1. The first-order valence-corrected chi connectivity index (χ1v) is 7.06. The topological polar surface area (TPSA) is 81.1 Å². The van der Waals surface area contributed by atoms with E-state index in [0.29, 0.717) is 26.2 Å². The first-order chi connectivity index (χ1) is 10.1. The normalized spacial score (nSPS) is 13.7. The highest BCUT2D eigenvalue weighted by Gasteiger charge is 2.24. The van der Waals surface area contributed by atoms with Gasteiger partial charge in [0.25, 0.3) is 0 Å². The maximum absolute atomic E-state index is 12.4. The lowest BCUT2D eigenvalue weighted by Gasteiger charge is -2.33. The van der Waals surface area contributed by atoms with E-state index >= 15 is 0 Å². The van der Waals surface area contributed by atoms with Gasteiger partial charge in [-0.2, -0.15) is 0 Å². The minimum absolute atomic E-state index is 0.0623. The summed E-state index contributed by atoms with van der Waals surface area (Å²) in [6.45, 7) is 3.68. The molecule has 114 valence electrons. The highest BCUT2D eigenvalue weighted by atomic mass is 16.4.